The first kappa shape index (κ1) is 84.3. The monoisotopic (exact) mass is 1630 g/mol. The molecule has 5 fully saturated rings. The number of benzene rings is 8. The molecule has 7 N–H and O–H groups in total. The van der Waals surface area contributed by atoms with E-state index in [1.54, 1.807) is 36.8 Å². The van der Waals surface area contributed by atoms with E-state index in [0.717, 1.165) is 142 Å². The second-order valence-corrected chi connectivity index (χ2v) is 37.9. The zero-order valence-corrected chi connectivity index (χ0v) is 72.5. The highest BCUT2D eigenvalue weighted by molar-refractivity contribution is 5.80. The number of rotatable bonds is 9. The predicted molar refractivity (Wildman–Crippen MR) is 480 cm³/mol. The lowest BCUT2D eigenvalue weighted by Crippen LogP contribution is -2.36. The molecule has 20 rings (SSSR count). The zero-order chi connectivity index (χ0) is 84.4. The Morgan fingerprint density at radius 1 is 0.397 bits per heavy atom. The molecule has 2 aromatic heterocycles. The van der Waals surface area contributed by atoms with Crippen LogP contribution in [-0.2, 0) is 52.9 Å². The number of phenolic OH excluding ortho intramolecular Hbond substituents is 2. The Labute approximate surface area is 715 Å². The van der Waals surface area contributed by atoms with Crippen molar-refractivity contribution in [3.05, 3.63) is 290 Å². The van der Waals surface area contributed by atoms with E-state index in [0.29, 0.717) is 30.6 Å². The van der Waals surface area contributed by atoms with Crippen LogP contribution in [0.25, 0.3) is 0 Å². The summed E-state index contributed by atoms with van der Waals surface area (Å²) in [6.07, 6.45) is 17.5. The van der Waals surface area contributed by atoms with E-state index >= 15 is 0 Å². The number of anilines is 5. The van der Waals surface area contributed by atoms with Crippen LogP contribution in [0.4, 0.5) is 32.8 Å². The van der Waals surface area contributed by atoms with Crippen LogP contribution in [0.2, 0.25) is 0 Å². The Kier molecular flexibility index (Phi) is 25.1. The van der Waals surface area contributed by atoms with Gasteiger partial charge in [-0.05, 0) is 240 Å². The van der Waals surface area contributed by atoms with Crippen LogP contribution in [-0.4, -0.2) is 64.7 Å². The van der Waals surface area contributed by atoms with Gasteiger partial charge in [0.15, 0.2) is 0 Å². The number of amides is 2. The van der Waals surface area contributed by atoms with Crippen molar-refractivity contribution in [2.45, 2.75) is 243 Å². The SMILES string of the molecule is CC(C)(C)c1ccc2c(c1)C1OCCCC1C(c1cccc(F)c1)N2.CC(C)(C)c1ccc2c(c1)C1OCCCC1C(c1ccco1)N2.CC(C)(C)c1ccc2c(c1)[C@H]1OCCC[C@H]1[C@H](c1ccco1)N2.CCc1ccc2c(c1)C(N1CCCC1=O)CC(c1cccc(O)c1)N2.CCc1ccc2c(c1)C(N1CCCC1=O)CC(c1cccc(O)c1)N2. The van der Waals surface area contributed by atoms with Crippen LogP contribution >= 0.6 is 0 Å². The lowest BCUT2D eigenvalue weighted by atomic mass is 9.76. The van der Waals surface area contributed by atoms with E-state index in [-0.39, 0.29) is 106 Å². The molecule has 16 nitrogen and oxygen atoms in total. The second kappa shape index (κ2) is 36.0. The number of carbonyl (C=O) groups excluding carboxylic acids is 2. The average Bonchev–Trinajstić information content (AvgIpc) is 1.70. The Morgan fingerprint density at radius 2 is 0.769 bits per heavy atom. The van der Waals surface area contributed by atoms with Crippen LogP contribution in [0.3, 0.4) is 0 Å². The number of fused-ring (bicyclic) bond motifs is 11. The number of phenols is 2. The van der Waals surface area contributed by atoms with Gasteiger partial charge in [0.25, 0.3) is 0 Å². The fourth-order valence-corrected chi connectivity index (χ4v) is 20.1. The van der Waals surface area contributed by atoms with Gasteiger partial charge in [-0.3, -0.25) is 9.59 Å². The van der Waals surface area contributed by atoms with Crippen molar-refractivity contribution in [2.75, 3.05) is 59.5 Å². The quantitative estimate of drug-likeness (QED) is 0.0721. The van der Waals surface area contributed by atoms with Gasteiger partial charge in [0.2, 0.25) is 11.8 Å². The third-order valence-corrected chi connectivity index (χ3v) is 26.8. The summed E-state index contributed by atoms with van der Waals surface area (Å²) in [4.78, 5) is 28.9. The van der Waals surface area contributed by atoms with Crippen molar-refractivity contribution >= 4 is 40.3 Å². The molecule has 13 atom stereocenters. The molecule has 0 aliphatic carbocycles. The summed E-state index contributed by atoms with van der Waals surface area (Å²) >= 11 is 0. The maximum absolute atomic E-state index is 13.8. The second-order valence-electron chi connectivity index (χ2n) is 37.9. The van der Waals surface area contributed by atoms with Crippen molar-refractivity contribution < 1.29 is 47.2 Å². The van der Waals surface area contributed by atoms with E-state index in [4.69, 9.17) is 23.0 Å². The van der Waals surface area contributed by atoms with Gasteiger partial charge in [-0.15, -0.1) is 0 Å². The molecule has 121 heavy (non-hydrogen) atoms. The van der Waals surface area contributed by atoms with E-state index < -0.39 is 0 Å². The van der Waals surface area contributed by atoms with Gasteiger partial charge in [0.05, 0.1) is 73.1 Å². The average molecular weight is 1640 g/mol. The van der Waals surface area contributed by atoms with Crippen molar-refractivity contribution in [3.8, 4) is 11.5 Å². The lowest BCUT2D eigenvalue weighted by Gasteiger charge is -2.44. The van der Waals surface area contributed by atoms with Crippen LogP contribution in [0.5, 0.6) is 11.5 Å². The Hall–Kier alpha value is -10.3. The molecule has 10 aliphatic rings. The number of carbonyl (C=O) groups is 2. The van der Waals surface area contributed by atoms with Gasteiger partial charge >= 0.3 is 0 Å². The van der Waals surface area contributed by atoms with Crippen LogP contribution < -0.4 is 26.6 Å². The number of furan rings is 2. The molecular formula is C104H124FN7O9. The van der Waals surface area contributed by atoms with Crippen LogP contribution in [0.1, 0.15) is 298 Å². The molecule has 0 spiro atoms. The predicted octanol–water partition coefficient (Wildman–Crippen LogP) is 24.5. The fraction of sp³-hybridized carbons (Fsp3) is 0.442. The zero-order valence-electron chi connectivity index (χ0n) is 72.5. The minimum absolute atomic E-state index is 0.0839. The number of hydrogen-bond acceptors (Lipinski definition) is 14. The van der Waals surface area contributed by atoms with Crippen molar-refractivity contribution in [1.29, 1.82) is 0 Å². The summed E-state index contributed by atoms with van der Waals surface area (Å²) in [6, 6.07) is 64.0. The summed E-state index contributed by atoms with van der Waals surface area (Å²) in [7, 11) is 0. The molecule has 0 radical (unpaired) electrons. The summed E-state index contributed by atoms with van der Waals surface area (Å²) in [5.74, 6) is 4.10. The maximum atomic E-state index is 13.8. The first-order valence-electron chi connectivity index (χ1n) is 44.7. The molecule has 8 aromatic carbocycles. The number of nitrogens with zero attached hydrogens (tertiary/aromatic N) is 2. The number of ether oxygens (including phenoxy) is 3. The van der Waals surface area contributed by atoms with Crippen molar-refractivity contribution in [1.82, 2.24) is 9.80 Å². The molecule has 10 aromatic rings. The number of halogens is 1. The standard InChI is InChI=1S/C22H26FNO.2C21H24N2O2.2C20H25NO2/c1-22(2,3)15-9-10-19-18(13-15)21-17(8-5-11-25-21)20(24-19)14-6-4-7-16(23)12-14;2*1-2-14-8-9-18-17(11-14)20(23-10-4-7-21(23)25)13-19(22-18)15-5-3-6-16(24)12-15;2*1-20(2,3)13-8-9-16-15(12-13)19-14(6-4-11-23-19)18(21-16)17-7-5-10-22-17/h4,6-7,9-10,12-13,17,20-21,24H,5,8,11H2,1-3H3;2*3,5-6,8-9,11-12,19-20,22,24H,2,4,7,10,13H2,1H3;2*5,7-10,12,14,18-19,21H,4,6,11H2,1-3H3/t;;;14-,18+,19-;/m...0./s1. The van der Waals surface area contributed by atoms with E-state index in [9.17, 15) is 24.2 Å². The van der Waals surface area contributed by atoms with Gasteiger partial charge in [-0.1, -0.05) is 173 Å². The van der Waals surface area contributed by atoms with Gasteiger partial charge < -0.3 is 69.6 Å². The smallest absolute Gasteiger partial charge is 0.223 e. The molecule has 0 bridgehead atoms. The Balaban J connectivity index is 0.000000112. The summed E-state index contributed by atoms with van der Waals surface area (Å²) < 4.78 is 43.8. The Morgan fingerprint density at radius 3 is 1.12 bits per heavy atom. The number of aryl methyl sites for hydroxylation is 2. The number of likely N-dealkylation sites (tertiary alicyclic amines) is 2. The molecule has 2 amide bonds. The van der Waals surface area contributed by atoms with E-state index in [2.05, 4.69) is 216 Å². The maximum Gasteiger partial charge on any atom is 0.223 e. The molecule has 10 unspecified atom stereocenters. The molecule has 5 saturated heterocycles. The molecular weight excluding hydrogens is 1510 g/mol. The summed E-state index contributed by atoms with van der Waals surface area (Å²) in [5, 5.41) is 38.0. The lowest BCUT2D eigenvalue weighted by molar-refractivity contribution is -0.130. The highest BCUT2D eigenvalue weighted by atomic mass is 19.1. The van der Waals surface area contributed by atoms with Gasteiger partial charge in [0, 0.05) is 109 Å². The van der Waals surface area contributed by atoms with Crippen molar-refractivity contribution in [3.63, 3.8) is 0 Å². The normalized spacial score (nSPS) is 24.9. The molecule has 636 valence electrons. The number of aromatic hydroxyl groups is 2. The fourth-order valence-electron chi connectivity index (χ4n) is 20.1. The first-order valence-corrected chi connectivity index (χ1v) is 44.7. The number of nitrogens with one attached hydrogen (secondary N) is 5. The minimum Gasteiger partial charge on any atom is -0.508 e. The summed E-state index contributed by atoms with van der Waals surface area (Å²) in [5.41, 5.74) is 22.2. The van der Waals surface area contributed by atoms with Crippen molar-refractivity contribution in [2.24, 2.45) is 17.8 Å². The van der Waals surface area contributed by atoms with Crippen LogP contribution in [0, 0.1) is 23.6 Å². The van der Waals surface area contributed by atoms with Gasteiger partial charge in [-0.2, -0.15) is 0 Å². The molecule has 17 heteroatoms. The topological polar surface area (TPSA) is 195 Å². The first-order chi connectivity index (χ1) is 58.3. The van der Waals surface area contributed by atoms with E-state index in [1.807, 2.05) is 54.6 Å². The third-order valence-electron chi connectivity index (χ3n) is 26.8. The summed E-state index contributed by atoms with van der Waals surface area (Å²) in [6.45, 7) is 28.8. The number of hydrogen-bond donors (Lipinski definition) is 7. The van der Waals surface area contributed by atoms with E-state index in [1.165, 1.54) is 85.9 Å². The van der Waals surface area contributed by atoms with Gasteiger partial charge in [0.1, 0.15) is 28.8 Å². The van der Waals surface area contributed by atoms with Crippen LogP contribution in [0.15, 0.2) is 209 Å². The largest absolute Gasteiger partial charge is 0.508 e. The molecule has 0 saturated carbocycles. The molecule has 12 heterocycles. The molecule has 10 aliphatic heterocycles. The highest BCUT2D eigenvalue weighted by Gasteiger charge is 2.46. The van der Waals surface area contributed by atoms with Gasteiger partial charge in [-0.25, -0.2) is 4.39 Å². The minimum atomic E-state index is -0.179. The Bertz CT molecular complexity index is 5000. The third kappa shape index (κ3) is 18.6. The highest BCUT2D eigenvalue weighted by Crippen LogP contribution is 2.55.